The van der Waals surface area contributed by atoms with Crippen LogP contribution < -0.4 is 10.3 Å². The molecule has 0 bridgehead atoms. The van der Waals surface area contributed by atoms with Crippen LogP contribution in [-0.4, -0.2) is 42.2 Å². The summed E-state index contributed by atoms with van der Waals surface area (Å²) < 4.78 is 0. The van der Waals surface area contributed by atoms with Crippen molar-refractivity contribution in [3.63, 3.8) is 0 Å². The molecular weight excluding hydrogens is 375 g/mol. The van der Waals surface area contributed by atoms with Crippen molar-refractivity contribution in [2.24, 2.45) is 5.10 Å². The summed E-state index contributed by atoms with van der Waals surface area (Å²) in [5.41, 5.74) is 0.823. The number of hydrazone groups is 1. The van der Waals surface area contributed by atoms with Crippen molar-refractivity contribution >= 4 is 46.5 Å². The lowest BCUT2D eigenvalue weighted by molar-refractivity contribution is -0.134. The fraction of sp³-hybridized carbons (Fsp3) is 0.500. The Kier molecular flexibility index (Phi) is 6.38. The molecule has 1 aromatic carbocycles. The summed E-state index contributed by atoms with van der Waals surface area (Å²) in [5.74, 6) is 0.488. The van der Waals surface area contributed by atoms with Gasteiger partial charge in [0.05, 0.1) is 15.7 Å². The number of nitrogens with one attached hydrogen (secondary N) is 1. The third-order valence-electron chi connectivity index (χ3n) is 4.56. The maximum atomic E-state index is 12.1. The first-order chi connectivity index (χ1) is 12.5. The monoisotopic (exact) mass is 396 g/mol. The molecule has 1 saturated heterocycles. The number of amidine groups is 1. The zero-order valence-electron chi connectivity index (χ0n) is 14.5. The van der Waals surface area contributed by atoms with Gasteiger partial charge >= 0.3 is 0 Å². The van der Waals surface area contributed by atoms with Crippen LogP contribution in [0.25, 0.3) is 0 Å². The van der Waals surface area contributed by atoms with Crippen LogP contribution in [0.3, 0.4) is 0 Å². The van der Waals surface area contributed by atoms with E-state index >= 15 is 0 Å². The zero-order chi connectivity index (χ0) is 18.5. The number of anilines is 1. The smallest absolute Gasteiger partial charge is 0.225 e. The summed E-state index contributed by atoms with van der Waals surface area (Å²) in [4.78, 5) is 26.1. The molecule has 0 spiro atoms. The Balaban J connectivity index is 1.48. The first-order valence-electron chi connectivity index (χ1n) is 8.90. The third-order valence-corrected chi connectivity index (χ3v) is 5.30. The van der Waals surface area contributed by atoms with Crippen molar-refractivity contribution in [2.75, 3.05) is 24.6 Å². The summed E-state index contributed by atoms with van der Waals surface area (Å²) in [5, 5.41) is 9.94. The fourth-order valence-corrected chi connectivity index (χ4v) is 3.42. The summed E-state index contributed by atoms with van der Waals surface area (Å²) >= 11 is 12.0. The predicted molar refractivity (Wildman–Crippen MR) is 104 cm³/mol. The van der Waals surface area contributed by atoms with E-state index in [9.17, 15) is 9.59 Å². The van der Waals surface area contributed by atoms with E-state index in [0.717, 1.165) is 31.6 Å². The molecule has 8 heteroatoms. The van der Waals surface area contributed by atoms with Gasteiger partial charge in [0, 0.05) is 38.9 Å². The van der Waals surface area contributed by atoms with Gasteiger partial charge in [-0.1, -0.05) is 23.2 Å². The molecule has 0 atom stereocenters. The maximum Gasteiger partial charge on any atom is 0.225 e. The van der Waals surface area contributed by atoms with Gasteiger partial charge in [-0.3, -0.25) is 14.6 Å². The Morgan fingerprint density at radius 1 is 1.04 bits per heavy atom. The standard InChI is InChI=1S/C18H22Cl2N4O2/c19-14-5-4-13(12-15(14)20)24-11-8-16(22-24)21-17(25)6-7-18(26)23-9-2-1-3-10-23/h4-5,12H,1-3,6-11H2,(H,21,22,25). The second kappa shape index (κ2) is 8.73. The lowest BCUT2D eigenvalue weighted by Gasteiger charge is -2.26. The van der Waals surface area contributed by atoms with Crippen LogP contribution in [0.5, 0.6) is 0 Å². The van der Waals surface area contributed by atoms with Crippen LogP contribution in [0.2, 0.25) is 10.0 Å². The Labute approximate surface area is 163 Å². The molecule has 6 nitrogen and oxygen atoms in total. The highest BCUT2D eigenvalue weighted by atomic mass is 35.5. The van der Waals surface area contributed by atoms with Crippen molar-refractivity contribution < 1.29 is 9.59 Å². The molecule has 1 aromatic rings. The molecular formula is C18H22Cl2N4O2. The minimum absolute atomic E-state index is 0.0608. The second-order valence-electron chi connectivity index (χ2n) is 6.51. The van der Waals surface area contributed by atoms with Crippen LogP contribution >= 0.6 is 23.2 Å². The SMILES string of the molecule is O=C(CCC(=O)N1CCCCC1)NC1=NN(c2ccc(Cl)c(Cl)c2)CC1. The number of piperidine rings is 1. The Morgan fingerprint density at radius 2 is 1.81 bits per heavy atom. The first-order valence-corrected chi connectivity index (χ1v) is 9.66. The van der Waals surface area contributed by atoms with E-state index in [1.54, 1.807) is 17.1 Å². The molecule has 2 aliphatic heterocycles. The zero-order valence-corrected chi connectivity index (χ0v) is 16.0. The number of carbonyl (C=O) groups excluding carboxylic acids is 2. The molecule has 2 heterocycles. The fourth-order valence-electron chi connectivity index (χ4n) is 3.12. The topological polar surface area (TPSA) is 65.0 Å². The molecule has 0 radical (unpaired) electrons. The molecule has 2 amide bonds. The molecule has 0 aliphatic carbocycles. The molecule has 26 heavy (non-hydrogen) atoms. The van der Waals surface area contributed by atoms with Gasteiger partial charge in [-0.15, -0.1) is 0 Å². The number of rotatable bonds is 4. The van der Waals surface area contributed by atoms with E-state index in [0.29, 0.717) is 28.8 Å². The van der Waals surface area contributed by atoms with Gasteiger partial charge in [0.25, 0.3) is 0 Å². The predicted octanol–water partition coefficient (Wildman–Crippen LogP) is 3.43. The Morgan fingerprint density at radius 3 is 2.54 bits per heavy atom. The van der Waals surface area contributed by atoms with Crippen LogP contribution in [0.1, 0.15) is 38.5 Å². The number of benzene rings is 1. The summed E-state index contributed by atoms with van der Waals surface area (Å²) in [7, 11) is 0. The molecule has 0 unspecified atom stereocenters. The highest BCUT2D eigenvalue weighted by molar-refractivity contribution is 6.42. The minimum atomic E-state index is -0.176. The van der Waals surface area contributed by atoms with Gasteiger partial charge in [-0.25, -0.2) is 0 Å². The lowest BCUT2D eigenvalue weighted by atomic mass is 10.1. The van der Waals surface area contributed by atoms with Crippen molar-refractivity contribution in [3.05, 3.63) is 28.2 Å². The van der Waals surface area contributed by atoms with E-state index in [1.165, 1.54) is 6.42 Å². The van der Waals surface area contributed by atoms with Crippen molar-refractivity contribution in [3.8, 4) is 0 Å². The number of carbonyl (C=O) groups is 2. The molecule has 3 rings (SSSR count). The molecule has 0 saturated carbocycles. The quantitative estimate of drug-likeness (QED) is 0.847. The average Bonchev–Trinajstić information content (AvgIpc) is 3.11. The summed E-state index contributed by atoms with van der Waals surface area (Å²) in [6.45, 7) is 2.28. The highest BCUT2D eigenvalue weighted by Gasteiger charge is 2.20. The van der Waals surface area contributed by atoms with Gasteiger partial charge in [0.15, 0.2) is 0 Å². The first kappa shape index (κ1) is 19.0. The highest BCUT2D eigenvalue weighted by Crippen LogP contribution is 2.28. The van der Waals surface area contributed by atoms with E-state index < -0.39 is 0 Å². The van der Waals surface area contributed by atoms with Gasteiger partial charge < -0.3 is 10.2 Å². The Hall–Kier alpha value is -1.79. The summed E-state index contributed by atoms with van der Waals surface area (Å²) in [6, 6.07) is 5.30. The number of likely N-dealkylation sites (tertiary alicyclic amines) is 1. The van der Waals surface area contributed by atoms with E-state index in [4.69, 9.17) is 23.2 Å². The van der Waals surface area contributed by atoms with E-state index in [-0.39, 0.29) is 24.7 Å². The van der Waals surface area contributed by atoms with E-state index in [1.807, 2.05) is 11.0 Å². The largest absolute Gasteiger partial charge is 0.343 e. The molecule has 1 fully saturated rings. The normalized spacial score (nSPS) is 17.2. The van der Waals surface area contributed by atoms with Crippen LogP contribution in [0.15, 0.2) is 23.3 Å². The van der Waals surface area contributed by atoms with Crippen LogP contribution in [0, 0.1) is 0 Å². The van der Waals surface area contributed by atoms with Gasteiger partial charge in [-0.2, -0.15) is 5.10 Å². The molecule has 0 aromatic heterocycles. The van der Waals surface area contributed by atoms with E-state index in [2.05, 4.69) is 10.4 Å². The minimum Gasteiger partial charge on any atom is -0.343 e. The van der Waals surface area contributed by atoms with Crippen LogP contribution in [0.4, 0.5) is 5.69 Å². The molecule has 2 aliphatic rings. The van der Waals surface area contributed by atoms with Gasteiger partial charge in [0.2, 0.25) is 11.8 Å². The Bertz CT molecular complexity index is 717. The number of nitrogens with zero attached hydrogens (tertiary/aromatic N) is 3. The van der Waals surface area contributed by atoms with Gasteiger partial charge in [0.1, 0.15) is 5.84 Å². The van der Waals surface area contributed by atoms with Gasteiger partial charge in [-0.05, 0) is 37.5 Å². The number of hydrogen-bond donors (Lipinski definition) is 1. The van der Waals surface area contributed by atoms with Crippen molar-refractivity contribution in [1.29, 1.82) is 0 Å². The number of amides is 2. The maximum absolute atomic E-state index is 12.1. The lowest BCUT2D eigenvalue weighted by Crippen LogP contribution is -2.37. The number of hydrogen-bond acceptors (Lipinski definition) is 4. The average molecular weight is 397 g/mol. The number of halogens is 2. The van der Waals surface area contributed by atoms with Crippen molar-refractivity contribution in [1.82, 2.24) is 10.2 Å². The molecule has 1 N–H and O–H groups in total. The second-order valence-corrected chi connectivity index (χ2v) is 7.32. The van der Waals surface area contributed by atoms with Crippen molar-refractivity contribution in [2.45, 2.75) is 38.5 Å². The van der Waals surface area contributed by atoms with Crippen LogP contribution in [-0.2, 0) is 9.59 Å². The third kappa shape index (κ3) is 4.89. The summed E-state index contributed by atoms with van der Waals surface area (Å²) in [6.07, 6.45) is 4.35. The molecule has 140 valence electrons.